The van der Waals surface area contributed by atoms with E-state index in [0.717, 1.165) is 29.7 Å². The number of methoxy groups -OCH3 is 1. The normalized spacial score (nSPS) is 15.3. The molecule has 19 heavy (non-hydrogen) atoms. The Bertz CT molecular complexity index is 655. The van der Waals surface area contributed by atoms with Gasteiger partial charge >= 0.3 is 5.97 Å². The molecule has 0 saturated carbocycles. The summed E-state index contributed by atoms with van der Waals surface area (Å²) in [5, 5.41) is 0. The molecule has 1 aromatic carbocycles. The summed E-state index contributed by atoms with van der Waals surface area (Å²) < 4.78 is 4.72. The van der Waals surface area contributed by atoms with Gasteiger partial charge in [-0.25, -0.2) is 9.78 Å². The number of allylic oxidation sites excluding steroid dienone is 2. The number of carbonyl (C=O) groups is 1. The Kier molecular flexibility index (Phi) is 3.07. The fourth-order valence-electron chi connectivity index (χ4n) is 2.46. The van der Waals surface area contributed by atoms with Crippen LogP contribution in [0, 0.1) is 0 Å². The van der Waals surface area contributed by atoms with Crippen molar-refractivity contribution < 1.29 is 9.53 Å². The Morgan fingerprint density at radius 2 is 2.26 bits per heavy atom. The molecule has 98 valence electrons. The molecule has 0 amide bonds. The van der Waals surface area contributed by atoms with Gasteiger partial charge in [0.2, 0.25) is 0 Å². The van der Waals surface area contributed by atoms with Gasteiger partial charge in [-0.3, -0.25) is 0 Å². The molecule has 4 heteroatoms. The molecule has 0 saturated heterocycles. The lowest BCUT2D eigenvalue weighted by Crippen LogP contribution is -2.00. The topological polar surface area (TPSA) is 55.0 Å². The summed E-state index contributed by atoms with van der Waals surface area (Å²) in [6.45, 7) is 0. The van der Waals surface area contributed by atoms with E-state index in [1.165, 1.54) is 25.5 Å². The van der Waals surface area contributed by atoms with E-state index >= 15 is 0 Å². The molecule has 0 aliphatic heterocycles. The number of benzene rings is 1. The Hall–Kier alpha value is -2.10. The van der Waals surface area contributed by atoms with Gasteiger partial charge in [0.15, 0.2) is 0 Å². The highest BCUT2D eigenvalue weighted by atomic mass is 16.5. The third-order valence-corrected chi connectivity index (χ3v) is 3.50. The summed E-state index contributed by atoms with van der Waals surface area (Å²) in [7, 11) is 1.38. The van der Waals surface area contributed by atoms with E-state index in [1.807, 2.05) is 6.07 Å². The molecule has 1 aliphatic rings. The van der Waals surface area contributed by atoms with Crippen LogP contribution in [-0.4, -0.2) is 23.0 Å². The summed E-state index contributed by atoms with van der Waals surface area (Å²) in [5.41, 5.74) is 3.58. The van der Waals surface area contributed by atoms with Gasteiger partial charge in [0.05, 0.1) is 23.7 Å². The maximum absolute atomic E-state index is 11.5. The third kappa shape index (κ3) is 2.26. The zero-order valence-electron chi connectivity index (χ0n) is 10.9. The summed E-state index contributed by atoms with van der Waals surface area (Å²) in [5.74, 6) is 0.597. The number of nitrogens with one attached hydrogen (secondary N) is 1. The van der Waals surface area contributed by atoms with Crippen LogP contribution in [0.3, 0.4) is 0 Å². The van der Waals surface area contributed by atoms with Gasteiger partial charge in [0, 0.05) is 0 Å². The van der Waals surface area contributed by atoms with Gasteiger partial charge in [0.25, 0.3) is 0 Å². The van der Waals surface area contributed by atoms with Crippen molar-refractivity contribution in [2.24, 2.45) is 0 Å². The van der Waals surface area contributed by atoms with Gasteiger partial charge in [-0.2, -0.15) is 0 Å². The molecular formula is C15H16N2O2. The van der Waals surface area contributed by atoms with E-state index in [2.05, 4.69) is 16.0 Å². The second-order valence-electron chi connectivity index (χ2n) is 4.78. The van der Waals surface area contributed by atoms with Crippen LogP contribution in [0.15, 0.2) is 24.3 Å². The number of ether oxygens (including phenoxy) is 1. The number of aromatic nitrogens is 2. The van der Waals surface area contributed by atoms with E-state index in [1.54, 1.807) is 12.1 Å². The molecule has 3 rings (SSSR count). The number of esters is 1. The van der Waals surface area contributed by atoms with Crippen LogP contribution >= 0.6 is 0 Å². The third-order valence-electron chi connectivity index (χ3n) is 3.50. The van der Waals surface area contributed by atoms with Crippen LogP contribution in [0.25, 0.3) is 16.6 Å². The van der Waals surface area contributed by atoms with E-state index < -0.39 is 0 Å². The lowest BCUT2D eigenvalue weighted by atomic mass is 9.99. The van der Waals surface area contributed by atoms with Crippen molar-refractivity contribution in [1.82, 2.24) is 9.97 Å². The number of nitrogens with zero attached hydrogens (tertiary/aromatic N) is 1. The molecule has 0 atom stereocenters. The molecule has 4 nitrogen and oxygen atoms in total. The molecule has 1 aromatic heterocycles. The van der Waals surface area contributed by atoms with Gasteiger partial charge < -0.3 is 9.72 Å². The molecule has 1 heterocycles. The molecule has 0 unspecified atom stereocenters. The minimum atomic E-state index is -0.330. The SMILES string of the molecule is COC(=O)c1ccc2[nH]c(C3=CCCCC3)nc2c1. The first kappa shape index (κ1) is 12.0. The first-order valence-electron chi connectivity index (χ1n) is 6.55. The average molecular weight is 256 g/mol. The molecule has 0 radical (unpaired) electrons. The van der Waals surface area contributed by atoms with Crippen LogP contribution in [0.5, 0.6) is 0 Å². The molecule has 0 bridgehead atoms. The van der Waals surface area contributed by atoms with Crippen molar-refractivity contribution in [2.45, 2.75) is 25.7 Å². The van der Waals surface area contributed by atoms with Crippen molar-refractivity contribution in [1.29, 1.82) is 0 Å². The number of hydrogen-bond donors (Lipinski definition) is 1. The summed E-state index contributed by atoms with van der Waals surface area (Å²) in [6, 6.07) is 5.40. The predicted molar refractivity (Wildman–Crippen MR) is 73.9 cm³/mol. The molecule has 0 fully saturated rings. The van der Waals surface area contributed by atoms with E-state index in [-0.39, 0.29) is 5.97 Å². The highest BCUT2D eigenvalue weighted by Gasteiger charge is 2.12. The monoisotopic (exact) mass is 256 g/mol. The van der Waals surface area contributed by atoms with Crippen LogP contribution < -0.4 is 0 Å². The number of carbonyl (C=O) groups excluding carboxylic acids is 1. The van der Waals surface area contributed by atoms with Crippen molar-refractivity contribution in [3.63, 3.8) is 0 Å². The molecule has 2 aromatic rings. The Morgan fingerprint density at radius 1 is 1.37 bits per heavy atom. The largest absolute Gasteiger partial charge is 0.465 e. The number of fused-ring (bicyclic) bond motifs is 1. The van der Waals surface area contributed by atoms with E-state index in [9.17, 15) is 4.79 Å². The molecule has 1 aliphatic carbocycles. The molecular weight excluding hydrogens is 240 g/mol. The Morgan fingerprint density at radius 3 is 3.00 bits per heavy atom. The summed E-state index contributed by atoms with van der Waals surface area (Å²) in [6.07, 6.45) is 6.93. The lowest BCUT2D eigenvalue weighted by Gasteiger charge is -2.09. The Labute approximate surface area is 111 Å². The quantitative estimate of drug-likeness (QED) is 0.839. The Balaban J connectivity index is 2.01. The van der Waals surface area contributed by atoms with Crippen LogP contribution in [0.4, 0.5) is 0 Å². The van der Waals surface area contributed by atoms with Crippen LogP contribution in [0.2, 0.25) is 0 Å². The first-order chi connectivity index (χ1) is 9.28. The summed E-state index contributed by atoms with van der Waals surface area (Å²) >= 11 is 0. The van der Waals surface area contributed by atoms with Crippen LogP contribution in [0.1, 0.15) is 41.9 Å². The van der Waals surface area contributed by atoms with Gasteiger partial charge in [0.1, 0.15) is 5.82 Å². The zero-order chi connectivity index (χ0) is 13.2. The van der Waals surface area contributed by atoms with Gasteiger partial charge in [-0.05, 0) is 49.5 Å². The number of hydrogen-bond acceptors (Lipinski definition) is 3. The standard InChI is InChI=1S/C15H16N2O2/c1-19-15(18)11-7-8-12-13(9-11)17-14(16-12)10-5-3-2-4-6-10/h5,7-9H,2-4,6H2,1H3,(H,16,17). The second kappa shape index (κ2) is 4.88. The van der Waals surface area contributed by atoms with Crippen molar-refractivity contribution in [2.75, 3.05) is 7.11 Å². The van der Waals surface area contributed by atoms with E-state index in [4.69, 9.17) is 4.74 Å². The number of H-pyrrole nitrogens is 1. The minimum absolute atomic E-state index is 0.330. The fourth-order valence-corrected chi connectivity index (χ4v) is 2.46. The number of rotatable bonds is 2. The van der Waals surface area contributed by atoms with Gasteiger partial charge in [-0.15, -0.1) is 0 Å². The zero-order valence-corrected chi connectivity index (χ0v) is 10.9. The second-order valence-corrected chi connectivity index (χ2v) is 4.78. The highest BCUT2D eigenvalue weighted by molar-refractivity contribution is 5.93. The van der Waals surface area contributed by atoms with E-state index in [0.29, 0.717) is 5.56 Å². The minimum Gasteiger partial charge on any atom is -0.465 e. The van der Waals surface area contributed by atoms with Gasteiger partial charge in [-0.1, -0.05) is 6.08 Å². The first-order valence-corrected chi connectivity index (χ1v) is 6.55. The fraction of sp³-hybridized carbons (Fsp3) is 0.333. The van der Waals surface area contributed by atoms with Crippen LogP contribution in [-0.2, 0) is 4.74 Å². The lowest BCUT2D eigenvalue weighted by molar-refractivity contribution is 0.0601. The molecule has 0 spiro atoms. The maximum Gasteiger partial charge on any atom is 0.337 e. The average Bonchev–Trinajstić information content (AvgIpc) is 2.90. The molecule has 1 N–H and O–H groups in total. The van der Waals surface area contributed by atoms with Crippen molar-refractivity contribution >= 4 is 22.6 Å². The number of imidazole rings is 1. The number of aromatic amines is 1. The highest BCUT2D eigenvalue weighted by Crippen LogP contribution is 2.26. The van der Waals surface area contributed by atoms with Crippen molar-refractivity contribution in [3.8, 4) is 0 Å². The maximum atomic E-state index is 11.5. The smallest absolute Gasteiger partial charge is 0.337 e. The van der Waals surface area contributed by atoms with Crippen molar-refractivity contribution in [3.05, 3.63) is 35.7 Å². The predicted octanol–water partition coefficient (Wildman–Crippen LogP) is 3.31. The summed E-state index contributed by atoms with van der Waals surface area (Å²) in [4.78, 5) is 19.4.